The maximum absolute atomic E-state index is 11.0. The lowest BCUT2D eigenvalue weighted by Crippen LogP contribution is -2.59. The summed E-state index contributed by atoms with van der Waals surface area (Å²) in [6.07, 6.45) is -0.903. The largest absolute Gasteiger partial charge is 0.467 e. The van der Waals surface area contributed by atoms with E-state index >= 15 is 0 Å². The lowest BCUT2D eigenvalue weighted by molar-refractivity contribution is -0.178. The summed E-state index contributed by atoms with van der Waals surface area (Å²) in [5.41, 5.74) is -1.72. The van der Waals surface area contributed by atoms with Crippen LogP contribution in [0.4, 0.5) is 0 Å². The van der Waals surface area contributed by atoms with E-state index in [1.807, 2.05) is 0 Å². The number of β-amino-alcohol motifs (C(OH)–C–C–N with tert-alkyl or cyclic N) is 1. The first-order valence-electron chi connectivity index (χ1n) is 3.81. The van der Waals surface area contributed by atoms with Gasteiger partial charge in [0.2, 0.25) is 0 Å². The quantitative estimate of drug-likeness (QED) is 0.469. The van der Waals surface area contributed by atoms with Gasteiger partial charge in [-0.1, -0.05) is 0 Å². The molecule has 1 fully saturated rings. The number of nitrogens with one attached hydrogen (secondary N) is 1. The van der Waals surface area contributed by atoms with Crippen LogP contribution in [0.25, 0.3) is 0 Å². The summed E-state index contributed by atoms with van der Waals surface area (Å²) < 4.78 is 4.39. The third-order valence-corrected chi connectivity index (χ3v) is 2.11. The van der Waals surface area contributed by atoms with Gasteiger partial charge in [-0.25, -0.2) is 4.79 Å². The van der Waals surface area contributed by atoms with Crippen molar-refractivity contribution in [3.8, 4) is 0 Å². The Kier molecular flexibility index (Phi) is 4.63. The van der Waals surface area contributed by atoms with Gasteiger partial charge < -0.3 is 20.3 Å². The standard InChI is InChI=1S/C7H13NO4.ClH/c1-12-6(10)7(11)2-3-8-4-5(7)9;/h5,8-9,11H,2-4H2,1H3;1H/t5-,7+;/m1./s1. The third kappa shape index (κ3) is 2.31. The molecule has 1 saturated heterocycles. The minimum atomic E-state index is -1.72. The van der Waals surface area contributed by atoms with E-state index in [1.165, 1.54) is 7.11 Å². The van der Waals surface area contributed by atoms with Crippen molar-refractivity contribution < 1.29 is 19.7 Å². The lowest BCUT2D eigenvalue weighted by atomic mass is 9.90. The third-order valence-electron chi connectivity index (χ3n) is 2.11. The van der Waals surface area contributed by atoms with Crippen molar-refractivity contribution >= 4 is 18.4 Å². The summed E-state index contributed by atoms with van der Waals surface area (Å²) in [7, 11) is 1.19. The second-order valence-electron chi connectivity index (χ2n) is 2.89. The van der Waals surface area contributed by atoms with Crippen LogP contribution in [0, 0.1) is 0 Å². The molecule has 1 heterocycles. The summed E-state index contributed by atoms with van der Waals surface area (Å²) in [5.74, 6) is -0.767. The molecule has 2 atom stereocenters. The van der Waals surface area contributed by atoms with Crippen LogP contribution in [-0.2, 0) is 9.53 Å². The van der Waals surface area contributed by atoms with E-state index < -0.39 is 17.7 Å². The number of halogens is 1. The molecule has 6 heteroatoms. The minimum Gasteiger partial charge on any atom is -0.467 e. The fraction of sp³-hybridized carbons (Fsp3) is 0.857. The number of carbonyl (C=O) groups excluding carboxylic acids is 1. The van der Waals surface area contributed by atoms with Crippen molar-refractivity contribution in [2.75, 3.05) is 20.2 Å². The Balaban J connectivity index is 0.00000144. The Bertz CT molecular complexity index is 189. The molecule has 0 bridgehead atoms. The van der Waals surface area contributed by atoms with Gasteiger partial charge in [-0.3, -0.25) is 0 Å². The van der Waals surface area contributed by atoms with Gasteiger partial charge in [0.15, 0.2) is 5.60 Å². The molecule has 0 unspecified atom stereocenters. The molecule has 0 aliphatic carbocycles. The second-order valence-corrected chi connectivity index (χ2v) is 2.89. The number of ether oxygens (including phenoxy) is 1. The summed E-state index contributed by atoms with van der Waals surface area (Å²) in [6.45, 7) is 0.717. The van der Waals surface area contributed by atoms with Crippen molar-refractivity contribution in [2.24, 2.45) is 0 Å². The SMILES string of the molecule is COC(=O)[C@]1(O)CCNC[C@H]1O.Cl. The normalized spacial score (nSPS) is 33.3. The number of carbonyl (C=O) groups is 1. The van der Waals surface area contributed by atoms with Crippen LogP contribution in [-0.4, -0.2) is 48.1 Å². The van der Waals surface area contributed by atoms with Gasteiger partial charge in [-0.15, -0.1) is 12.4 Å². The number of methoxy groups -OCH3 is 1. The molecule has 78 valence electrons. The first kappa shape index (κ1) is 12.6. The van der Waals surface area contributed by atoms with Crippen LogP contribution in [0.1, 0.15) is 6.42 Å². The molecule has 0 spiro atoms. The predicted molar refractivity (Wildman–Crippen MR) is 47.7 cm³/mol. The predicted octanol–water partition coefficient (Wildman–Crippen LogP) is -1.33. The number of rotatable bonds is 1. The molecule has 0 radical (unpaired) electrons. The number of esters is 1. The van der Waals surface area contributed by atoms with Gasteiger partial charge in [0.05, 0.1) is 7.11 Å². The van der Waals surface area contributed by atoms with E-state index in [1.54, 1.807) is 0 Å². The molecule has 1 rings (SSSR count). The average Bonchev–Trinajstić information content (AvgIpc) is 2.09. The average molecular weight is 212 g/mol. The Morgan fingerprint density at radius 2 is 2.31 bits per heavy atom. The second kappa shape index (κ2) is 4.76. The van der Waals surface area contributed by atoms with Crippen molar-refractivity contribution in [1.29, 1.82) is 0 Å². The molecule has 3 N–H and O–H groups in total. The Labute approximate surface area is 82.5 Å². The summed E-state index contributed by atoms with van der Waals surface area (Å²) in [4.78, 5) is 11.0. The highest BCUT2D eigenvalue weighted by molar-refractivity contribution is 5.85. The maximum atomic E-state index is 11.0. The number of aliphatic hydroxyl groups excluding tert-OH is 1. The summed E-state index contributed by atoms with van der Waals surface area (Å²) in [6, 6.07) is 0. The van der Waals surface area contributed by atoms with Crippen LogP contribution in [0.2, 0.25) is 0 Å². The summed E-state index contributed by atoms with van der Waals surface area (Å²) >= 11 is 0. The zero-order valence-electron chi connectivity index (χ0n) is 7.32. The Morgan fingerprint density at radius 3 is 2.77 bits per heavy atom. The van der Waals surface area contributed by atoms with Gasteiger partial charge in [0.25, 0.3) is 0 Å². The number of piperidine rings is 1. The molecule has 0 saturated carbocycles. The fourth-order valence-electron chi connectivity index (χ4n) is 1.27. The van der Waals surface area contributed by atoms with Crippen LogP contribution in [0.15, 0.2) is 0 Å². The Hall–Kier alpha value is -0.360. The van der Waals surface area contributed by atoms with Gasteiger partial charge in [-0.05, 0) is 6.54 Å². The van der Waals surface area contributed by atoms with Crippen LogP contribution >= 0.6 is 12.4 Å². The highest BCUT2D eigenvalue weighted by Gasteiger charge is 2.45. The van der Waals surface area contributed by atoms with E-state index in [9.17, 15) is 15.0 Å². The molecule has 13 heavy (non-hydrogen) atoms. The van der Waals surface area contributed by atoms with Crippen molar-refractivity contribution in [2.45, 2.75) is 18.1 Å². The van der Waals surface area contributed by atoms with Crippen molar-refractivity contribution in [3.63, 3.8) is 0 Å². The number of hydrogen-bond donors (Lipinski definition) is 3. The van der Waals surface area contributed by atoms with E-state index in [4.69, 9.17) is 0 Å². The zero-order chi connectivity index (χ0) is 9.19. The molecular formula is C7H14ClNO4. The van der Waals surface area contributed by atoms with Crippen LogP contribution in [0.5, 0.6) is 0 Å². The molecule has 5 nitrogen and oxygen atoms in total. The minimum absolute atomic E-state index is 0. The van der Waals surface area contributed by atoms with E-state index in [-0.39, 0.29) is 25.4 Å². The zero-order valence-corrected chi connectivity index (χ0v) is 8.13. The van der Waals surface area contributed by atoms with Crippen molar-refractivity contribution in [1.82, 2.24) is 5.32 Å². The van der Waals surface area contributed by atoms with Gasteiger partial charge in [-0.2, -0.15) is 0 Å². The topological polar surface area (TPSA) is 78.8 Å². The van der Waals surface area contributed by atoms with E-state index in [0.717, 1.165) is 0 Å². The smallest absolute Gasteiger partial charge is 0.340 e. The molecule has 0 aromatic heterocycles. The fourth-order valence-corrected chi connectivity index (χ4v) is 1.27. The highest BCUT2D eigenvalue weighted by atomic mass is 35.5. The van der Waals surface area contributed by atoms with Gasteiger partial charge in [0, 0.05) is 13.0 Å². The van der Waals surface area contributed by atoms with E-state index in [0.29, 0.717) is 6.54 Å². The maximum Gasteiger partial charge on any atom is 0.340 e. The molecule has 0 aromatic rings. The van der Waals surface area contributed by atoms with Gasteiger partial charge >= 0.3 is 5.97 Å². The van der Waals surface area contributed by atoms with Gasteiger partial charge in [0.1, 0.15) is 6.10 Å². The molecule has 0 amide bonds. The lowest BCUT2D eigenvalue weighted by Gasteiger charge is -2.34. The molecule has 0 aromatic carbocycles. The number of hydrogen-bond acceptors (Lipinski definition) is 5. The summed E-state index contributed by atoms with van der Waals surface area (Å²) in [5, 5.41) is 21.8. The molecular weight excluding hydrogens is 198 g/mol. The highest BCUT2D eigenvalue weighted by Crippen LogP contribution is 2.19. The molecule has 1 aliphatic heterocycles. The Morgan fingerprint density at radius 1 is 1.69 bits per heavy atom. The molecule has 1 aliphatic rings. The number of aliphatic hydroxyl groups is 2. The monoisotopic (exact) mass is 211 g/mol. The first-order valence-corrected chi connectivity index (χ1v) is 3.81. The van der Waals surface area contributed by atoms with E-state index in [2.05, 4.69) is 10.1 Å². The van der Waals surface area contributed by atoms with Crippen LogP contribution < -0.4 is 5.32 Å². The van der Waals surface area contributed by atoms with Crippen molar-refractivity contribution in [3.05, 3.63) is 0 Å². The van der Waals surface area contributed by atoms with Crippen LogP contribution in [0.3, 0.4) is 0 Å². The first-order chi connectivity index (χ1) is 5.61.